The van der Waals surface area contributed by atoms with Crippen LogP contribution in [0, 0.1) is 0 Å². The maximum Gasteiger partial charge on any atom is 0.472 e. The lowest BCUT2D eigenvalue weighted by molar-refractivity contribution is -0.154. The van der Waals surface area contributed by atoms with E-state index in [0.29, 0.717) is 13.0 Å². The number of carboxylic acid groups (broad SMARTS) is 1. The summed E-state index contributed by atoms with van der Waals surface area (Å²) >= 11 is 0. The number of phosphoric acid groups is 1. The molecule has 0 saturated carbocycles. The Morgan fingerprint density at radius 2 is 0.983 bits per heavy atom. The van der Waals surface area contributed by atoms with E-state index in [9.17, 15) is 19.0 Å². The molecule has 58 heavy (non-hydrogen) atoms. The minimum absolute atomic E-state index is 0.0199. The van der Waals surface area contributed by atoms with Crippen molar-refractivity contribution >= 4 is 19.8 Å². The zero-order valence-corrected chi connectivity index (χ0v) is 37.8. The first-order valence-corrected chi connectivity index (χ1v) is 24.7. The van der Waals surface area contributed by atoms with Gasteiger partial charge in [0.2, 0.25) is 0 Å². The van der Waals surface area contributed by atoms with E-state index in [4.69, 9.17) is 29.4 Å². The summed E-state index contributed by atoms with van der Waals surface area (Å²) in [5, 5.41) is 8.90. The van der Waals surface area contributed by atoms with Crippen LogP contribution in [0.2, 0.25) is 0 Å². The largest absolute Gasteiger partial charge is 0.480 e. The highest BCUT2D eigenvalue weighted by Crippen LogP contribution is 2.43. The molecule has 0 aliphatic heterocycles. The van der Waals surface area contributed by atoms with E-state index in [1.54, 1.807) is 0 Å². The van der Waals surface area contributed by atoms with Crippen LogP contribution in [0.25, 0.3) is 0 Å². The van der Waals surface area contributed by atoms with Crippen molar-refractivity contribution in [2.24, 2.45) is 5.73 Å². The summed E-state index contributed by atoms with van der Waals surface area (Å²) < 4.78 is 33.3. The molecule has 11 heteroatoms. The molecule has 0 rings (SSSR count). The summed E-state index contributed by atoms with van der Waals surface area (Å²) in [6.07, 6.45) is 50.5. The lowest BCUT2D eigenvalue weighted by Gasteiger charge is -2.20. The third-order valence-electron chi connectivity index (χ3n) is 9.87. The van der Waals surface area contributed by atoms with Crippen LogP contribution in [0.3, 0.4) is 0 Å². The maximum atomic E-state index is 12.6. The van der Waals surface area contributed by atoms with E-state index in [1.807, 2.05) is 0 Å². The fourth-order valence-electron chi connectivity index (χ4n) is 6.32. The lowest BCUT2D eigenvalue weighted by Crippen LogP contribution is -2.34. The van der Waals surface area contributed by atoms with Gasteiger partial charge < -0.3 is 25.2 Å². The first-order chi connectivity index (χ1) is 28.2. The molecule has 0 aromatic carbocycles. The SMILES string of the molecule is CC/C=C\C/C=C\C/C=C\C/C=C\CCCOCC(COP(=O)(O)OCC(N)C(=O)O)OC(=O)CCCCCCCCCCCCCCCCCCCCCCCC. The summed E-state index contributed by atoms with van der Waals surface area (Å²) in [4.78, 5) is 33.6. The number of hydrogen-bond acceptors (Lipinski definition) is 8. The third-order valence-corrected chi connectivity index (χ3v) is 10.8. The molecular formula is C47H86NO9P. The topological polar surface area (TPSA) is 155 Å². The summed E-state index contributed by atoms with van der Waals surface area (Å²) in [5.41, 5.74) is 5.35. The number of nitrogens with two attached hydrogens (primary N) is 1. The molecule has 4 N–H and O–H groups in total. The number of rotatable bonds is 44. The predicted molar refractivity (Wildman–Crippen MR) is 240 cm³/mol. The van der Waals surface area contributed by atoms with Crippen LogP contribution in [0.4, 0.5) is 0 Å². The van der Waals surface area contributed by atoms with Crippen LogP contribution in [-0.4, -0.2) is 60.5 Å². The second-order valence-electron chi connectivity index (χ2n) is 15.5. The van der Waals surface area contributed by atoms with Crippen molar-refractivity contribution in [2.45, 2.75) is 212 Å². The fourth-order valence-corrected chi connectivity index (χ4v) is 7.09. The number of unbranched alkanes of at least 4 members (excludes halogenated alkanes) is 22. The van der Waals surface area contributed by atoms with Crippen molar-refractivity contribution in [3.05, 3.63) is 48.6 Å². The Morgan fingerprint density at radius 1 is 0.569 bits per heavy atom. The van der Waals surface area contributed by atoms with Crippen molar-refractivity contribution in [2.75, 3.05) is 26.4 Å². The lowest BCUT2D eigenvalue weighted by atomic mass is 10.0. The number of carbonyl (C=O) groups excluding carboxylic acids is 1. The Bertz CT molecular complexity index is 1110. The van der Waals surface area contributed by atoms with E-state index in [2.05, 4.69) is 62.5 Å². The van der Waals surface area contributed by atoms with Gasteiger partial charge in [-0.3, -0.25) is 18.6 Å². The van der Waals surface area contributed by atoms with Gasteiger partial charge in [0.1, 0.15) is 12.1 Å². The van der Waals surface area contributed by atoms with Gasteiger partial charge in [-0.05, 0) is 44.9 Å². The van der Waals surface area contributed by atoms with Crippen LogP contribution in [0.15, 0.2) is 48.6 Å². The molecule has 0 spiro atoms. The predicted octanol–water partition coefficient (Wildman–Crippen LogP) is 13.0. The highest BCUT2D eigenvalue weighted by atomic mass is 31.2. The number of ether oxygens (including phenoxy) is 2. The van der Waals surface area contributed by atoms with Crippen molar-refractivity contribution in [1.82, 2.24) is 0 Å². The van der Waals surface area contributed by atoms with E-state index >= 15 is 0 Å². The molecule has 3 atom stereocenters. The van der Waals surface area contributed by atoms with E-state index in [1.165, 1.54) is 116 Å². The molecule has 0 aliphatic carbocycles. The number of carboxylic acids is 1. The van der Waals surface area contributed by atoms with Crippen LogP contribution >= 0.6 is 7.82 Å². The smallest absolute Gasteiger partial charge is 0.472 e. The molecule has 0 aromatic rings. The summed E-state index contributed by atoms with van der Waals surface area (Å²) in [7, 11) is -4.63. The van der Waals surface area contributed by atoms with Crippen molar-refractivity contribution in [1.29, 1.82) is 0 Å². The van der Waals surface area contributed by atoms with Gasteiger partial charge >= 0.3 is 19.8 Å². The Hall–Kier alpha value is -2.07. The van der Waals surface area contributed by atoms with Gasteiger partial charge in [-0.2, -0.15) is 0 Å². The van der Waals surface area contributed by atoms with Gasteiger partial charge in [0, 0.05) is 13.0 Å². The normalized spacial score (nSPS) is 14.3. The van der Waals surface area contributed by atoms with Crippen LogP contribution < -0.4 is 5.73 Å². The van der Waals surface area contributed by atoms with E-state index in [-0.39, 0.29) is 13.0 Å². The molecule has 0 heterocycles. The third kappa shape index (κ3) is 42.1. The van der Waals surface area contributed by atoms with Crippen molar-refractivity contribution in [3.63, 3.8) is 0 Å². The first kappa shape index (κ1) is 55.9. The molecule has 0 saturated heterocycles. The maximum absolute atomic E-state index is 12.6. The fraction of sp³-hybridized carbons (Fsp3) is 0.787. The van der Waals surface area contributed by atoms with Gasteiger partial charge in [-0.1, -0.05) is 197 Å². The average molecular weight is 840 g/mol. The molecule has 0 aromatic heterocycles. The first-order valence-electron chi connectivity index (χ1n) is 23.2. The summed E-state index contributed by atoms with van der Waals surface area (Å²) in [6, 6.07) is -1.48. The molecule has 0 bridgehead atoms. The zero-order chi connectivity index (χ0) is 42.6. The molecular weight excluding hydrogens is 753 g/mol. The number of esters is 1. The van der Waals surface area contributed by atoms with Crippen LogP contribution in [0.5, 0.6) is 0 Å². The number of hydrogen-bond donors (Lipinski definition) is 3. The van der Waals surface area contributed by atoms with Gasteiger partial charge in [-0.25, -0.2) is 4.57 Å². The van der Waals surface area contributed by atoms with Crippen LogP contribution in [0.1, 0.15) is 200 Å². The Balaban J connectivity index is 4.18. The highest BCUT2D eigenvalue weighted by Gasteiger charge is 2.27. The quantitative estimate of drug-likeness (QED) is 0.0234. The molecule has 10 nitrogen and oxygen atoms in total. The Labute approximate surface area is 354 Å². The highest BCUT2D eigenvalue weighted by molar-refractivity contribution is 7.47. The van der Waals surface area contributed by atoms with Gasteiger partial charge in [0.15, 0.2) is 0 Å². The minimum Gasteiger partial charge on any atom is -0.480 e. The van der Waals surface area contributed by atoms with Gasteiger partial charge in [0.05, 0.1) is 19.8 Å². The molecule has 0 radical (unpaired) electrons. The molecule has 3 unspecified atom stereocenters. The molecule has 0 amide bonds. The van der Waals surface area contributed by atoms with Crippen molar-refractivity contribution in [3.8, 4) is 0 Å². The average Bonchev–Trinajstić information content (AvgIpc) is 3.20. The number of carbonyl (C=O) groups is 2. The van der Waals surface area contributed by atoms with Crippen LogP contribution in [-0.2, 0) is 32.7 Å². The summed E-state index contributed by atoms with van der Waals surface area (Å²) in [5.74, 6) is -1.80. The van der Waals surface area contributed by atoms with Gasteiger partial charge in [-0.15, -0.1) is 0 Å². The Kier molecular flexibility index (Phi) is 41.5. The minimum atomic E-state index is -4.63. The number of aliphatic carboxylic acids is 1. The van der Waals surface area contributed by atoms with E-state index in [0.717, 1.165) is 57.8 Å². The second-order valence-corrected chi connectivity index (χ2v) is 17.0. The molecule has 338 valence electrons. The zero-order valence-electron chi connectivity index (χ0n) is 36.9. The summed E-state index contributed by atoms with van der Waals surface area (Å²) in [6.45, 7) is 3.64. The molecule has 0 aliphatic rings. The number of allylic oxidation sites excluding steroid dienone is 8. The standard InChI is InChI=1S/C47H86NO9P/c1-3-5-7-9-11-13-15-17-19-20-21-22-23-24-25-26-27-29-31-33-35-37-39-46(49)57-44(42-55-58(52,53)56-43-45(48)47(50)51)41-54-40-38-36-34-32-30-28-18-16-14-12-10-8-6-4-2/h6,8,12,14,18,28,32,34,44-45H,3-5,7,9-11,13,15-17,19-27,29-31,33,35-43,48H2,1-2H3,(H,50,51)(H,52,53)/b8-6-,14-12-,28-18-,34-32-. The number of phosphoric ester groups is 1. The van der Waals surface area contributed by atoms with Crippen molar-refractivity contribution < 1.29 is 42.7 Å². The van der Waals surface area contributed by atoms with Gasteiger partial charge in [0.25, 0.3) is 0 Å². The monoisotopic (exact) mass is 840 g/mol. The van der Waals surface area contributed by atoms with E-state index < -0.39 is 45.1 Å². The molecule has 0 fully saturated rings. The second kappa shape index (κ2) is 43.0. The Morgan fingerprint density at radius 3 is 1.43 bits per heavy atom.